The minimum absolute atomic E-state index is 0.00480. The second kappa shape index (κ2) is 7.32. The maximum Gasteiger partial charge on any atom is 0.586 e. The fourth-order valence-electron chi connectivity index (χ4n) is 4.20. The number of allylic oxidation sites excluding steroid dienone is 3. The van der Waals surface area contributed by atoms with Crippen LogP contribution in [-0.4, -0.2) is 42.6 Å². The van der Waals surface area contributed by atoms with E-state index in [-0.39, 0.29) is 23.1 Å². The third-order valence-electron chi connectivity index (χ3n) is 5.73. The minimum atomic E-state index is -3.66. The Morgan fingerprint density at radius 2 is 2.06 bits per heavy atom. The van der Waals surface area contributed by atoms with Crippen LogP contribution in [0.25, 0.3) is 0 Å². The van der Waals surface area contributed by atoms with Gasteiger partial charge in [0.1, 0.15) is 7.11 Å². The summed E-state index contributed by atoms with van der Waals surface area (Å²) in [6.45, 7) is 2.22. The van der Waals surface area contributed by atoms with Gasteiger partial charge >= 0.3 is 12.3 Å². The first-order valence-corrected chi connectivity index (χ1v) is 10.2. The van der Waals surface area contributed by atoms with E-state index in [4.69, 9.17) is 19.1 Å². The van der Waals surface area contributed by atoms with Gasteiger partial charge in [-0.2, -0.15) is 0 Å². The number of hydroxylamine groups is 1. The average Bonchev–Trinajstić information content (AvgIpc) is 3.53. The molecule has 32 heavy (non-hydrogen) atoms. The number of nitrogens with zero attached hydrogens (tertiary/aromatic N) is 2. The van der Waals surface area contributed by atoms with Gasteiger partial charge in [-0.05, 0) is 48.1 Å². The lowest BCUT2D eigenvalue weighted by molar-refractivity contribution is -0.788. The number of fused-ring (bicyclic) bond motifs is 3. The predicted molar refractivity (Wildman–Crippen MR) is 107 cm³/mol. The molecular formula is C22H21F2N2O6+. The lowest BCUT2D eigenvalue weighted by atomic mass is 9.92. The van der Waals surface area contributed by atoms with Crippen molar-refractivity contribution in [2.24, 2.45) is 5.16 Å². The number of methoxy groups -OCH3 is 1. The summed E-state index contributed by atoms with van der Waals surface area (Å²) in [5.41, 5.74) is 3.75. The molecule has 1 aromatic rings. The highest BCUT2D eigenvalue weighted by atomic mass is 19.3. The molecule has 1 saturated carbocycles. The number of benzene rings is 1. The van der Waals surface area contributed by atoms with E-state index >= 15 is 0 Å². The van der Waals surface area contributed by atoms with Gasteiger partial charge in [0.15, 0.2) is 17.2 Å². The molecule has 0 atom stereocenters. The molecule has 0 radical (unpaired) electrons. The van der Waals surface area contributed by atoms with Gasteiger partial charge in [0, 0.05) is 17.2 Å². The van der Waals surface area contributed by atoms with E-state index in [1.165, 1.54) is 20.3 Å². The van der Waals surface area contributed by atoms with Gasteiger partial charge in [-0.1, -0.05) is 5.16 Å². The zero-order chi connectivity index (χ0) is 22.6. The minimum Gasteiger partial charge on any atom is -0.464 e. The Morgan fingerprint density at radius 1 is 1.28 bits per heavy atom. The summed E-state index contributed by atoms with van der Waals surface area (Å²) in [4.78, 5) is 23.1. The second-order valence-corrected chi connectivity index (χ2v) is 7.98. The van der Waals surface area contributed by atoms with Crippen LogP contribution in [0.5, 0.6) is 11.5 Å². The summed E-state index contributed by atoms with van der Waals surface area (Å²) in [6, 6.07) is 3.26. The molecule has 0 spiro atoms. The average molecular weight is 447 g/mol. The zero-order valence-corrected chi connectivity index (χ0v) is 17.7. The number of alkyl halides is 2. The summed E-state index contributed by atoms with van der Waals surface area (Å²) in [5, 5.41) is 3.81. The van der Waals surface area contributed by atoms with E-state index in [0.717, 1.165) is 35.3 Å². The largest absolute Gasteiger partial charge is 0.586 e. The molecular weight excluding hydrogens is 426 g/mol. The number of carbonyl (C=O) groups excluding carboxylic acids is 1. The molecule has 10 heteroatoms. The molecule has 168 valence electrons. The number of carbonyl (C=O) groups is 1. The molecule has 3 heterocycles. The molecule has 8 nitrogen and oxygen atoms in total. The van der Waals surface area contributed by atoms with Crippen LogP contribution in [0.3, 0.4) is 0 Å². The molecule has 6 rings (SSSR count). The lowest BCUT2D eigenvalue weighted by Gasteiger charge is -2.23. The first-order valence-electron chi connectivity index (χ1n) is 10.2. The topological polar surface area (TPSA) is 78.6 Å². The summed E-state index contributed by atoms with van der Waals surface area (Å²) in [7, 11) is 2.61. The molecule has 3 aliphatic heterocycles. The molecule has 1 aromatic carbocycles. The van der Waals surface area contributed by atoms with Crippen molar-refractivity contribution in [1.82, 2.24) is 0 Å². The first kappa shape index (κ1) is 20.5. The Kier molecular flexibility index (Phi) is 4.68. The Labute approximate surface area is 182 Å². The molecule has 2 aliphatic carbocycles. The molecule has 1 fully saturated rings. The van der Waals surface area contributed by atoms with Crippen LogP contribution < -0.4 is 9.47 Å². The molecule has 0 saturated heterocycles. The molecule has 0 aromatic heterocycles. The predicted octanol–water partition coefficient (Wildman–Crippen LogP) is 3.56. The quantitative estimate of drug-likeness (QED) is 0.287. The number of rotatable bonds is 6. The van der Waals surface area contributed by atoms with Crippen LogP contribution >= 0.6 is 0 Å². The standard InChI is InChI=1S/C22H21F2N2O6/c1-11-8-14-9-15(18(25-29-3)21(27)28-2)19(11)32-26(14)10-13-6-7-16-20(17(13)12-4-5-12)31-22(23,24)30-16/h6-7,9,12H,4-5,8,10H2,1-3H3/q+1. The fraction of sp³-hybridized carbons (Fsp3) is 0.409. The van der Waals surface area contributed by atoms with Crippen molar-refractivity contribution < 1.29 is 42.2 Å². The Morgan fingerprint density at radius 3 is 2.72 bits per heavy atom. The van der Waals surface area contributed by atoms with Crippen molar-refractivity contribution in [2.75, 3.05) is 14.2 Å². The molecule has 5 aliphatic rings. The van der Waals surface area contributed by atoms with E-state index in [0.29, 0.717) is 24.3 Å². The van der Waals surface area contributed by atoms with E-state index in [1.54, 1.807) is 16.9 Å². The fourth-order valence-corrected chi connectivity index (χ4v) is 4.20. The van der Waals surface area contributed by atoms with Crippen molar-refractivity contribution in [3.63, 3.8) is 0 Å². The summed E-state index contributed by atoms with van der Waals surface area (Å²) >= 11 is 0. The summed E-state index contributed by atoms with van der Waals surface area (Å²) < 4.78 is 43.3. The third kappa shape index (κ3) is 3.39. The second-order valence-electron chi connectivity index (χ2n) is 7.98. The normalized spacial score (nSPS) is 20.9. The Bertz CT molecular complexity index is 1150. The monoisotopic (exact) mass is 447 g/mol. The highest BCUT2D eigenvalue weighted by Crippen LogP contribution is 2.53. The van der Waals surface area contributed by atoms with Crippen LogP contribution in [-0.2, 0) is 25.8 Å². The highest BCUT2D eigenvalue weighted by molar-refractivity contribution is 6.45. The molecule has 0 unspecified atom stereocenters. The van der Waals surface area contributed by atoms with Gasteiger partial charge < -0.3 is 19.0 Å². The maximum atomic E-state index is 13.7. The van der Waals surface area contributed by atoms with E-state index < -0.39 is 12.3 Å². The number of hydrogen-bond acceptors (Lipinski definition) is 7. The summed E-state index contributed by atoms with van der Waals surface area (Å²) in [5.74, 6) is 0.148. The van der Waals surface area contributed by atoms with Gasteiger partial charge in [-0.15, -0.1) is 8.78 Å². The van der Waals surface area contributed by atoms with Gasteiger partial charge in [0.25, 0.3) is 0 Å². The Balaban J connectivity index is 1.52. The summed E-state index contributed by atoms with van der Waals surface area (Å²) in [6.07, 6.45) is 0.560. The van der Waals surface area contributed by atoms with Crippen LogP contribution in [0.4, 0.5) is 8.78 Å². The van der Waals surface area contributed by atoms with Crippen molar-refractivity contribution in [3.05, 3.63) is 46.2 Å². The van der Waals surface area contributed by atoms with E-state index in [9.17, 15) is 13.6 Å². The molecule has 0 amide bonds. The van der Waals surface area contributed by atoms with Gasteiger partial charge in [0.05, 0.1) is 19.1 Å². The van der Waals surface area contributed by atoms with Gasteiger partial charge in [-0.25, -0.2) is 9.63 Å². The SMILES string of the molecule is CON=C(C(=O)OC)C1=CC2=[N+](Cc3ccc4c(c3C3CC3)OC(F)(F)O4)OC1=C(C)C2. The molecule has 0 N–H and O–H groups in total. The number of oxime groups is 1. The van der Waals surface area contributed by atoms with E-state index in [2.05, 4.69) is 9.89 Å². The van der Waals surface area contributed by atoms with Crippen LogP contribution in [0, 0.1) is 0 Å². The van der Waals surface area contributed by atoms with Crippen molar-refractivity contribution in [2.45, 2.75) is 44.9 Å². The highest BCUT2D eigenvalue weighted by Gasteiger charge is 2.47. The number of hydrogen-bond donors (Lipinski definition) is 0. The van der Waals surface area contributed by atoms with Crippen LogP contribution in [0.15, 0.2) is 40.3 Å². The maximum absolute atomic E-state index is 13.7. The lowest BCUT2D eigenvalue weighted by Crippen LogP contribution is -2.34. The zero-order valence-electron chi connectivity index (χ0n) is 17.7. The third-order valence-corrected chi connectivity index (χ3v) is 5.73. The Hall–Kier alpha value is -3.43. The van der Waals surface area contributed by atoms with Crippen LogP contribution in [0.1, 0.15) is 43.2 Å². The van der Waals surface area contributed by atoms with E-state index in [1.807, 2.05) is 6.92 Å². The molecule has 2 bridgehead atoms. The van der Waals surface area contributed by atoms with Crippen molar-refractivity contribution in [3.8, 4) is 11.5 Å². The number of ether oxygens (including phenoxy) is 3. The van der Waals surface area contributed by atoms with Crippen molar-refractivity contribution in [1.29, 1.82) is 0 Å². The smallest absolute Gasteiger partial charge is 0.464 e. The first-order chi connectivity index (χ1) is 15.3. The number of esters is 1. The van der Waals surface area contributed by atoms with Crippen LogP contribution in [0.2, 0.25) is 0 Å². The number of halogens is 2. The van der Waals surface area contributed by atoms with Crippen molar-refractivity contribution >= 4 is 17.4 Å². The van der Waals surface area contributed by atoms with Gasteiger partial charge in [0.2, 0.25) is 18.0 Å². The van der Waals surface area contributed by atoms with Gasteiger partial charge in [-0.3, -0.25) is 0 Å².